The first-order valence-corrected chi connectivity index (χ1v) is 3.16. The summed E-state index contributed by atoms with van der Waals surface area (Å²) in [6, 6.07) is 0. The highest BCUT2D eigenvalue weighted by molar-refractivity contribution is 4.53. The normalized spacial score (nSPS) is 13.8. The van der Waals surface area contributed by atoms with Crippen molar-refractivity contribution >= 4 is 0 Å². The van der Waals surface area contributed by atoms with Crippen molar-refractivity contribution in [2.24, 2.45) is 11.8 Å². The van der Waals surface area contributed by atoms with Gasteiger partial charge >= 0.3 is 0 Å². The molecule has 0 amide bonds. The van der Waals surface area contributed by atoms with Crippen LogP contribution in [0.25, 0.3) is 0 Å². The van der Waals surface area contributed by atoms with E-state index in [-0.39, 0.29) is 17.4 Å². The minimum Gasteiger partial charge on any atom is -0.265 e. The average molecular weight is 131 g/mol. The van der Waals surface area contributed by atoms with Gasteiger partial charge in [0.15, 0.2) is 0 Å². The highest BCUT2D eigenvalue weighted by atomic mass is 16.6. The first kappa shape index (κ1) is 8.40. The van der Waals surface area contributed by atoms with Crippen LogP contribution in [-0.4, -0.2) is 11.5 Å². The van der Waals surface area contributed by atoms with Gasteiger partial charge in [-0.2, -0.15) is 0 Å². The third-order valence-corrected chi connectivity index (χ3v) is 1.58. The molecular formula is C6H13NO2. The fraction of sp³-hybridized carbons (Fsp3) is 1.00. The Morgan fingerprint density at radius 1 is 1.44 bits per heavy atom. The molecule has 0 saturated carbocycles. The van der Waals surface area contributed by atoms with Crippen LogP contribution >= 0.6 is 0 Å². The molecular weight excluding hydrogens is 118 g/mol. The summed E-state index contributed by atoms with van der Waals surface area (Å²) in [7, 11) is 0. The van der Waals surface area contributed by atoms with E-state index in [9.17, 15) is 10.1 Å². The highest BCUT2D eigenvalue weighted by Crippen LogP contribution is 2.08. The third-order valence-electron chi connectivity index (χ3n) is 1.58. The minimum atomic E-state index is -0.259. The average Bonchev–Trinajstić information content (AvgIpc) is 1.63. The molecule has 3 heteroatoms. The molecule has 0 aromatic rings. The lowest BCUT2D eigenvalue weighted by Crippen LogP contribution is -2.15. The van der Waals surface area contributed by atoms with E-state index in [1.54, 1.807) is 0 Å². The highest BCUT2D eigenvalue weighted by Gasteiger charge is 2.12. The van der Waals surface area contributed by atoms with Crippen LogP contribution in [0.2, 0.25) is 0 Å². The van der Waals surface area contributed by atoms with Gasteiger partial charge in [-0.3, -0.25) is 10.1 Å². The molecule has 0 unspecified atom stereocenters. The quantitative estimate of drug-likeness (QED) is 0.431. The predicted octanol–water partition coefficient (Wildman–Crippen LogP) is 1.56. The van der Waals surface area contributed by atoms with Crippen molar-refractivity contribution in [2.45, 2.75) is 20.8 Å². The molecule has 0 aromatic carbocycles. The molecule has 0 aromatic heterocycles. The van der Waals surface area contributed by atoms with Crippen LogP contribution < -0.4 is 0 Å². The zero-order chi connectivity index (χ0) is 7.44. The van der Waals surface area contributed by atoms with Crippen molar-refractivity contribution in [3.05, 3.63) is 10.1 Å². The Bertz CT molecular complexity index is 101. The van der Waals surface area contributed by atoms with E-state index in [2.05, 4.69) is 0 Å². The molecule has 0 fully saturated rings. The van der Waals surface area contributed by atoms with Crippen molar-refractivity contribution < 1.29 is 4.92 Å². The molecule has 0 rings (SSSR count). The van der Waals surface area contributed by atoms with Crippen LogP contribution in [0.4, 0.5) is 0 Å². The largest absolute Gasteiger partial charge is 0.265 e. The molecule has 0 N–H and O–H groups in total. The molecule has 0 aliphatic rings. The maximum atomic E-state index is 9.92. The first-order chi connectivity index (χ1) is 4.04. The Morgan fingerprint density at radius 2 is 1.89 bits per heavy atom. The van der Waals surface area contributed by atoms with Crippen LogP contribution in [0.5, 0.6) is 0 Å². The number of rotatable bonds is 3. The van der Waals surface area contributed by atoms with Crippen LogP contribution in [0.15, 0.2) is 0 Å². The Balaban J connectivity index is 3.50. The lowest BCUT2D eigenvalue weighted by molar-refractivity contribution is -0.488. The van der Waals surface area contributed by atoms with Gasteiger partial charge in [0.1, 0.15) is 0 Å². The lowest BCUT2D eigenvalue weighted by atomic mass is 9.99. The second-order valence-electron chi connectivity index (χ2n) is 2.74. The molecule has 9 heavy (non-hydrogen) atoms. The zero-order valence-corrected chi connectivity index (χ0v) is 6.13. The summed E-state index contributed by atoms with van der Waals surface area (Å²) in [4.78, 5) is 9.66. The van der Waals surface area contributed by atoms with Crippen LogP contribution in [0.3, 0.4) is 0 Å². The van der Waals surface area contributed by atoms with Crippen molar-refractivity contribution in [1.82, 2.24) is 0 Å². The van der Waals surface area contributed by atoms with Crippen molar-refractivity contribution in [3.8, 4) is 0 Å². The smallest absolute Gasteiger partial charge is 0.206 e. The predicted molar refractivity (Wildman–Crippen MR) is 35.9 cm³/mol. The molecule has 0 bridgehead atoms. The Hall–Kier alpha value is -0.600. The molecule has 1 atom stereocenters. The maximum Gasteiger partial charge on any atom is 0.206 e. The van der Waals surface area contributed by atoms with E-state index >= 15 is 0 Å². The second kappa shape index (κ2) is 3.43. The Kier molecular flexibility index (Phi) is 3.20. The second-order valence-corrected chi connectivity index (χ2v) is 2.74. The van der Waals surface area contributed by atoms with E-state index in [0.29, 0.717) is 5.92 Å². The fourth-order valence-corrected chi connectivity index (χ4v) is 0.446. The van der Waals surface area contributed by atoms with E-state index in [0.717, 1.165) is 0 Å². The van der Waals surface area contributed by atoms with Gasteiger partial charge in [0.2, 0.25) is 6.54 Å². The Labute approximate surface area is 55.2 Å². The zero-order valence-electron chi connectivity index (χ0n) is 6.13. The molecule has 54 valence electrons. The first-order valence-electron chi connectivity index (χ1n) is 3.16. The van der Waals surface area contributed by atoms with E-state index in [4.69, 9.17) is 0 Å². The topological polar surface area (TPSA) is 43.1 Å². The Morgan fingerprint density at radius 3 is 2.00 bits per heavy atom. The minimum absolute atomic E-state index is 0.0949. The summed E-state index contributed by atoms with van der Waals surface area (Å²) in [5.41, 5.74) is 0. The van der Waals surface area contributed by atoms with Crippen LogP contribution in [-0.2, 0) is 0 Å². The van der Waals surface area contributed by atoms with Crippen molar-refractivity contribution in [3.63, 3.8) is 0 Å². The monoisotopic (exact) mass is 131 g/mol. The van der Waals surface area contributed by atoms with Gasteiger partial charge in [0, 0.05) is 10.8 Å². The van der Waals surface area contributed by atoms with Gasteiger partial charge < -0.3 is 0 Å². The summed E-state index contributed by atoms with van der Waals surface area (Å²) < 4.78 is 0. The van der Waals surface area contributed by atoms with Crippen molar-refractivity contribution in [2.75, 3.05) is 6.54 Å². The summed E-state index contributed by atoms with van der Waals surface area (Å²) in [5, 5.41) is 9.92. The van der Waals surface area contributed by atoms with E-state index < -0.39 is 0 Å². The number of nitro groups is 1. The molecule has 0 saturated heterocycles. The van der Waals surface area contributed by atoms with Crippen LogP contribution in [0, 0.1) is 22.0 Å². The lowest BCUT2D eigenvalue weighted by Gasteiger charge is -2.08. The summed E-state index contributed by atoms with van der Waals surface area (Å²) in [6.45, 7) is 5.98. The molecule has 0 aliphatic carbocycles. The standard InChI is InChI=1S/C6H13NO2/c1-5(2)6(3)4-7(8)9/h5-6H,4H2,1-3H3/t6-/m0/s1. The van der Waals surface area contributed by atoms with Crippen molar-refractivity contribution in [1.29, 1.82) is 0 Å². The molecule has 0 spiro atoms. The van der Waals surface area contributed by atoms with Gasteiger partial charge in [-0.15, -0.1) is 0 Å². The summed E-state index contributed by atoms with van der Waals surface area (Å²) in [5.74, 6) is 0.607. The molecule has 3 nitrogen and oxygen atoms in total. The van der Waals surface area contributed by atoms with Gasteiger partial charge in [-0.1, -0.05) is 20.8 Å². The number of nitrogens with zero attached hydrogens (tertiary/aromatic N) is 1. The van der Waals surface area contributed by atoms with E-state index in [1.165, 1.54) is 0 Å². The number of hydrogen-bond donors (Lipinski definition) is 0. The molecule has 0 aliphatic heterocycles. The molecule has 0 radical (unpaired) electrons. The summed E-state index contributed by atoms with van der Waals surface area (Å²) >= 11 is 0. The fourth-order valence-electron chi connectivity index (χ4n) is 0.446. The van der Waals surface area contributed by atoms with Gasteiger partial charge in [0.25, 0.3) is 0 Å². The van der Waals surface area contributed by atoms with Gasteiger partial charge in [-0.05, 0) is 5.92 Å². The summed E-state index contributed by atoms with van der Waals surface area (Å²) in [6.07, 6.45) is 0. The van der Waals surface area contributed by atoms with E-state index in [1.807, 2.05) is 20.8 Å². The van der Waals surface area contributed by atoms with Crippen LogP contribution in [0.1, 0.15) is 20.8 Å². The number of hydrogen-bond acceptors (Lipinski definition) is 2. The molecule has 0 heterocycles. The third kappa shape index (κ3) is 3.94. The van der Waals surface area contributed by atoms with Gasteiger partial charge in [-0.25, -0.2) is 0 Å². The SMILES string of the molecule is CC(C)[C@@H](C)C[N+](=O)[O-]. The maximum absolute atomic E-state index is 9.92. The van der Waals surface area contributed by atoms with Gasteiger partial charge in [0.05, 0.1) is 0 Å².